The molecule has 0 aliphatic carbocycles. The summed E-state index contributed by atoms with van der Waals surface area (Å²) in [6.07, 6.45) is 0.991. The molecule has 3 N–H and O–H groups in total. The van der Waals surface area contributed by atoms with Crippen LogP contribution in [0.3, 0.4) is 0 Å². The Morgan fingerprint density at radius 2 is 1.63 bits per heavy atom. The first-order valence-corrected chi connectivity index (χ1v) is 10.9. The number of nitrogens with one attached hydrogen (secondary N) is 2. The summed E-state index contributed by atoms with van der Waals surface area (Å²) in [7, 11) is -3.78. The van der Waals surface area contributed by atoms with Gasteiger partial charge in [0, 0.05) is 17.4 Å². The van der Waals surface area contributed by atoms with Gasteiger partial charge in [-0.25, -0.2) is 8.42 Å². The number of nitrogens with zero attached hydrogens (tertiary/aromatic N) is 1. The second-order valence-corrected chi connectivity index (χ2v) is 8.56. The molecule has 30 heavy (non-hydrogen) atoms. The van der Waals surface area contributed by atoms with Gasteiger partial charge in [-0.15, -0.1) is 0 Å². The normalized spacial score (nSPS) is 13.3. The fraction of sp³-hybridized carbons (Fsp3) is 0.182. The van der Waals surface area contributed by atoms with Crippen LogP contribution >= 0.6 is 0 Å². The Morgan fingerprint density at radius 3 is 2.20 bits per heavy atom. The molecule has 1 aromatic heterocycles. The van der Waals surface area contributed by atoms with Gasteiger partial charge in [0.2, 0.25) is 0 Å². The van der Waals surface area contributed by atoms with E-state index in [4.69, 9.17) is 0 Å². The number of hydrogen-bond acceptors (Lipinski definition) is 5. The molecule has 0 aliphatic rings. The number of aliphatic hydroxyl groups is 1. The molecule has 0 radical (unpaired) electrons. The number of pyridine rings is 1. The molecular formula is C22H23N3O4S. The number of aliphatic hydroxyl groups excluding tert-OH is 1. The van der Waals surface area contributed by atoms with E-state index in [1.54, 1.807) is 43.5 Å². The van der Waals surface area contributed by atoms with Gasteiger partial charge >= 0.3 is 0 Å². The van der Waals surface area contributed by atoms with Crippen molar-refractivity contribution < 1.29 is 18.3 Å². The van der Waals surface area contributed by atoms with Crippen LogP contribution in [0, 0.1) is 0 Å². The van der Waals surface area contributed by atoms with Gasteiger partial charge in [-0.3, -0.25) is 14.5 Å². The van der Waals surface area contributed by atoms with Crippen LogP contribution in [-0.4, -0.2) is 24.4 Å². The summed E-state index contributed by atoms with van der Waals surface area (Å²) in [5.41, 5.74) is 2.12. The van der Waals surface area contributed by atoms with Gasteiger partial charge < -0.3 is 10.4 Å². The molecule has 2 unspecified atom stereocenters. The molecule has 0 saturated heterocycles. The molecule has 1 heterocycles. The summed E-state index contributed by atoms with van der Waals surface area (Å²) in [4.78, 5) is 16.7. The molecule has 3 rings (SSSR count). The number of carbonyl (C=O) groups excluding carboxylic acids is 1. The molecule has 1 amide bonds. The third kappa shape index (κ3) is 5.22. The lowest BCUT2D eigenvalue weighted by atomic mass is 10.1. The summed E-state index contributed by atoms with van der Waals surface area (Å²) in [6.45, 7) is 3.45. The molecule has 156 valence electrons. The standard InChI is InChI=1S/C22H23N3O4S/c1-15(21-5-3-4-14-23-21)24-22(27)18-6-10-19(11-7-18)25-30(28,29)20-12-8-17(9-13-20)16(2)26/h3-16,25-26H,1-2H3,(H,24,27). The van der Waals surface area contributed by atoms with Crippen LogP contribution in [0.25, 0.3) is 0 Å². The van der Waals surface area contributed by atoms with E-state index in [9.17, 15) is 18.3 Å². The number of carbonyl (C=O) groups is 1. The lowest BCUT2D eigenvalue weighted by Crippen LogP contribution is -2.27. The second-order valence-electron chi connectivity index (χ2n) is 6.88. The van der Waals surface area contributed by atoms with E-state index >= 15 is 0 Å². The van der Waals surface area contributed by atoms with Gasteiger partial charge in [-0.05, 0) is 67.9 Å². The van der Waals surface area contributed by atoms with Gasteiger partial charge in [0.15, 0.2) is 0 Å². The van der Waals surface area contributed by atoms with Crippen LogP contribution in [0.2, 0.25) is 0 Å². The second kappa shape index (κ2) is 9.06. The molecule has 2 atom stereocenters. The molecule has 7 nitrogen and oxygen atoms in total. The maximum absolute atomic E-state index is 12.5. The average Bonchev–Trinajstić information content (AvgIpc) is 2.74. The quantitative estimate of drug-likeness (QED) is 0.537. The monoisotopic (exact) mass is 425 g/mol. The predicted octanol–water partition coefficient (Wildman–Crippen LogP) is 3.43. The summed E-state index contributed by atoms with van der Waals surface area (Å²) < 4.78 is 27.6. The zero-order chi connectivity index (χ0) is 21.7. The zero-order valence-corrected chi connectivity index (χ0v) is 17.4. The largest absolute Gasteiger partial charge is 0.389 e. The van der Waals surface area contributed by atoms with Crippen molar-refractivity contribution in [3.8, 4) is 0 Å². The van der Waals surface area contributed by atoms with E-state index in [0.29, 0.717) is 16.8 Å². The molecule has 0 spiro atoms. The number of aromatic nitrogens is 1. The van der Waals surface area contributed by atoms with E-state index < -0.39 is 16.1 Å². The Morgan fingerprint density at radius 1 is 0.967 bits per heavy atom. The van der Waals surface area contributed by atoms with E-state index in [2.05, 4.69) is 15.0 Å². The molecule has 8 heteroatoms. The number of anilines is 1. The van der Waals surface area contributed by atoms with E-state index in [-0.39, 0.29) is 16.8 Å². The summed E-state index contributed by atoms with van der Waals surface area (Å²) >= 11 is 0. The SMILES string of the molecule is CC(O)c1ccc(S(=O)(=O)Nc2ccc(C(=O)NC(C)c3ccccn3)cc2)cc1. The Bertz CT molecular complexity index is 1100. The van der Waals surface area contributed by atoms with E-state index in [1.165, 1.54) is 24.3 Å². The fourth-order valence-electron chi connectivity index (χ4n) is 2.82. The fourth-order valence-corrected chi connectivity index (χ4v) is 3.87. The Labute approximate surface area is 175 Å². The van der Waals surface area contributed by atoms with Crippen molar-refractivity contribution in [3.05, 3.63) is 89.7 Å². The van der Waals surface area contributed by atoms with Gasteiger partial charge in [0.25, 0.3) is 15.9 Å². The molecule has 2 aromatic carbocycles. The van der Waals surface area contributed by atoms with E-state index in [1.807, 2.05) is 19.1 Å². The summed E-state index contributed by atoms with van der Waals surface area (Å²) in [6, 6.07) is 17.4. The minimum atomic E-state index is -3.78. The van der Waals surface area contributed by atoms with Gasteiger partial charge in [0.1, 0.15) is 0 Å². The molecule has 0 fully saturated rings. The highest BCUT2D eigenvalue weighted by atomic mass is 32.2. The van der Waals surface area contributed by atoms with Crippen LogP contribution in [0.4, 0.5) is 5.69 Å². The molecule has 3 aromatic rings. The number of rotatable bonds is 7. The summed E-state index contributed by atoms with van der Waals surface area (Å²) in [5, 5.41) is 12.4. The van der Waals surface area contributed by atoms with Crippen molar-refractivity contribution in [2.75, 3.05) is 4.72 Å². The van der Waals surface area contributed by atoms with Gasteiger partial charge in [-0.1, -0.05) is 18.2 Å². The maximum Gasteiger partial charge on any atom is 0.261 e. The third-order valence-corrected chi connectivity index (χ3v) is 5.95. The topological polar surface area (TPSA) is 108 Å². The number of benzene rings is 2. The summed E-state index contributed by atoms with van der Waals surface area (Å²) in [5.74, 6) is -0.281. The van der Waals surface area contributed by atoms with Crippen LogP contribution < -0.4 is 10.0 Å². The van der Waals surface area contributed by atoms with Crippen LogP contribution in [0.1, 0.15) is 47.6 Å². The van der Waals surface area contributed by atoms with Gasteiger partial charge in [0.05, 0.1) is 22.7 Å². The lowest BCUT2D eigenvalue weighted by Gasteiger charge is -2.14. The first-order valence-electron chi connectivity index (χ1n) is 9.39. The lowest BCUT2D eigenvalue weighted by molar-refractivity contribution is 0.0939. The molecular weight excluding hydrogens is 402 g/mol. The smallest absolute Gasteiger partial charge is 0.261 e. The van der Waals surface area contributed by atoms with Crippen molar-refractivity contribution in [1.29, 1.82) is 0 Å². The molecule has 0 saturated carbocycles. The van der Waals surface area contributed by atoms with Crippen molar-refractivity contribution in [2.24, 2.45) is 0 Å². The molecule has 0 aliphatic heterocycles. The number of hydrogen-bond donors (Lipinski definition) is 3. The van der Waals surface area contributed by atoms with Crippen molar-refractivity contribution in [3.63, 3.8) is 0 Å². The van der Waals surface area contributed by atoms with Crippen LogP contribution in [-0.2, 0) is 10.0 Å². The predicted molar refractivity (Wildman–Crippen MR) is 114 cm³/mol. The Kier molecular flexibility index (Phi) is 6.49. The average molecular weight is 426 g/mol. The van der Waals surface area contributed by atoms with Crippen LogP contribution in [0.5, 0.6) is 0 Å². The Balaban J connectivity index is 1.67. The first kappa shape index (κ1) is 21.5. The minimum Gasteiger partial charge on any atom is -0.389 e. The highest BCUT2D eigenvalue weighted by Gasteiger charge is 2.16. The number of sulfonamides is 1. The van der Waals surface area contributed by atoms with Crippen LogP contribution in [0.15, 0.2) is 77.8 Å². The van der Waals surface area contributed by atoms with E-state index in [0.717, 1.165) is 5.69 Å². The van der Waals surface area contributed by atoms with Gasteiger partial charge in [-0.2, -0.15) is 0 Å². The zero-order valence-electron chi connectivity index (χ0n) is 16.6. The van der Waals surface area contributed by atoms with Crippen molar-refractivity contribution >= 4 is 21.6 Å². The highest BCUT2D eigenvalue weighted by Crippen LogP contribution is 2.20. The first-order chi connectivity index (χ1) is 14.3. The Hall–Kier alpha value is -3.23. The highest BCUT2D eigenvalue weighted by molar-refractivity contribution is 7.92. The van der Waals surface area contributed by atoms with Crippen molar-refractivity contribution in [1.82, 2.24) is 10.3 Å². The third-order valence-electron chi connectivity index (χ3n) is 4.55. The molecule has 0 bridgehead atoms. The number of amides is 1. The maximum atomic E-state index is 12.5. The van der Waals surface area contributed by atoms with Crippen molar-refractivity contribution in [2.45, 2.75) is 30.9 Å². The minimum absolute atomic E-state index is 0.0814.